The number of Topliss-reactive ketones (excluding diaryl/α,β-unsaturated/α-hetero) is 1. The zero-order chi connectivity index (χ0) is 91.0. The maximum absolute atomic E-state index is 14.0. The standard InChI is InChI=1S/C81H141N3O39/c1-6-8-10-12-14-16-18-19-21-22-24-26-28-30-47(94)46(84-56(99)31-29-27-25-23-20-17-15-13-11-9-7-2)41-112-75-64(105)63(104)68(54(39-89)115-75)118-77-66(107)73(123-81(79(110)111)34-49(96)58(83-44(5)93)71(121-81)60(101)51(98)36-86)69(55(40-90)116-77)119-74-45(32-42(3)91)67(61(102)52(37-87)113-74)117-76-65(106)72(62(103)53(38-88)114-76)122-80(78(108)109)33-48(95)57(82-43(4)92)70(120-80)59(100)50(97)35-85/h28,30,45-55,57-77,85-90,94-98,100-107H,6-27,29,31-41H2,1-5H3,(H,82,92)(H,83,93)(H,84,99)(H,108,109)(H,110,111)/t45-,46+,47-,48+,49+,50-,51-,52-,53-,54-,55-,57-,58-,59-,60-,61+,62+,63-,64-,65-,66-,67-,68-,69+,70?,71?,72+,73-,74+,75-,76+,77+,80+,81+/m1/s1. The fourth-order valence-electron chi connectivity index (χ4n) is 16.4. The zero-order valence-corrected chi connectivity index (χ0v) is 70.9. The van der Waals surface area contributed by atoms with Crippen molar-refractivity contribution in [2.24, 2.45) is 5.92 Å². The molecule has 714 valence electrons. The summed E-state index contributed by atoms with van der Waals surface area (Å²) >= 11 is 0. The summed E-state index contributed by atoms with van der Waals surface area (Å²) in [6.45, 7) is -0.676. The number of aliphatic carboxylic acids is 2. The average Bonchev–Trinajstić information content (AvgIpc) is 0.746. The number of rotatable bonds is 56. The van der Waals surface area contributed by atoms with E-state index in [1.165, 1.54) is 70.3 Å². The van der Waals surface area contributed by atoms with E-state index in [2.05, 4.69) is 29.8 Å². The van der Waals surface area contributed by atoms with Crippen LogP contribution >= 0.6 is 0 Å². The van der Waals surface area contributed by atoms with Crippen LogP contribution in [0.25, 0.3) is 0 Å². The molecule has 42 nitrogen and oxygen atoms in total. The number of ether oxygens (including phenoxy) is 12. The number of carboxylic acid groups (broad SMARTS) is 2. The number of ketones is 1. The van der Waals surface area contributed by atoms with E-state index in [4.69, 9.17) is 56.8 Å². The molecular formula is C81H141N3O39. The van der Waals surface area contributed by atoms with Crippen molar-refractivity contribution in [2.45, 2.75) is 409 Å². The van der Waals surface area contributed by atoms with Crippen molar-refractivity contribution in [1.82, 2.24) is 16.0 Å². The molecule has 6 fully saturated rings. The van der Waals surface area contributed by atoms with E-state index in [-0.39, 0.29) is 6.42 Å². The number of carbonyl (C=O) groups is 6. The fourth-order valence-corrected chi connectivity index (χ4v) is 16.4. The smallest absolute Gasteiger partial charge is 0.364 e. The number of allylic oxidation sites excluding steroid dienone is 1. The number of hydrogen-bond acceptors (Lipinski definition) is 37. The van der Waals surface area contributed by atoms with Crippen LogP contribution in [-0.4, -0.2) is 390 Å². The highest BCUT2D eigenvalue weighted by Gasteiger charge is 2.64. The molecule has 0 spiro atoms. The minimum Gasteiger partial charge on any atom is -0.477 e. The topological polar surface area (TPSA) is 674 Å². The normalized spacial score (nSPS) is 35.9. The van der Waals surface area contributed by atoms with E-state index >= 15 is 0 Å². The van der Waals surface area contributed by atoms with Gasteiger partial charge < -0.3 is 185 Å². The van der Waals surface area contributed by atoms with Gasteiger partial charge in [0.25, 0.3) is 11.6 Å². The quantitative estimate of drug-likeness (QED) is 0.0202. The molecule has 3 amide bonds. The predicted molar refractivity (Wildman–Crippen MR) is 423 cm³/mol. The molecule has 24 N–H and O–H groups in total. The summed E-state index contributed by atoms with van der Waals surface area (Å²) in [6.07, 6.45) is -37.7. The summed E-state index contributed by atoms with van der Waals surface area (Å²) in [4.78, 5) is 79.6. The van der Waals surface area contributed by atoms with Crippen molar-refractivity contribution < 1.29 is 193 Å². The third kappa shape index (κ3) is 30.6. The minimum atomic E-state index is -3.48. The second-order valence-corrected chi connectivity index (χ2v) is 33.2. The summed E-state index contributed by atoms with van der Waals surface area (Å²) in [5, 5.41) is 245. The van der Waals surface area contributed by atoms with Crippen molar-refractivity contribution in [3.8, 4) is 0 Å². The molecule has 42 heteroatoms. The molecule has 0 aromatic carbocycles. The molecule has 0 bridgehead atoms. The van der Waals surface area contributed by atoms with E-state index in [1.807, 2.05) is 0 Å². The summed E-state index contributed by atoms with van der Waals surface area (Å²) in [5.41, 5.74) is 0. The second kappa shape index (κ2) is 53.6. The number of aliphatic hydroxyl groups is 19. The molecule has 6 saturated heterocycles. The molecule has 0 aromatic heterocycles. The lowest BCUT2D eigenvalue weighted by molar-refractivity contribution is -0.408. The molecule has 6 aliphatic heterocycles. The van der Waals surface area contributed by atoms with Crippen LogP contribution in [0, 0.1) is 5.92 Å². The molecule has 0 saturated carbocycles. The number of carbonyl (C=O) groups excluding carboxylic acids is 4. The summed E-state index contributed by atoms with van der Waals surface area (Å²) < 4.78 is 72.6. The van der Waals surface area contributed by atoms with Crippen molar-refractivity contribution in [2.75, 3.05) is 46.2 Å². The van der Waals surface area contributed by atoms with Crippen molar-refractivity contribution in [3.63, 3.8) is 0 Å². The largest absolute Gasteiger partial charge is 0.477 e. The highest BCUT2D eigenvalue weighted by atomic mass is 16.8. The molecule has 0 aliphatic carbocycles. The van der Waals surface area contributed by atoms with Crippen LogP contribution in [0.1, 0.15) is 208 Å². The van der Waals surface area contributed by atoms with Gasteiger partial charge in [0.1, 0.15) is 128 Å². The molecule has 2 unspecified atom stereocenters. The fraction of sp³-hybridized carbons (Fsp3) is 0.901. The van der Waals surface area contributed by atoms with Crippen LogP contribution in [0.4, 0.5) is 0 Å². The Balaban J connectivity index is 1.32. The number of aliphatic hydroxyl groups excluding tert-OH is 19. The van der Waals surface area contributed by atoms with Crippen molar-refractivity contribution in [1.29, 1.82) is 0 Å². The Morgan fingerprint density at radius 2 is 0.837 bits per heavy atom. The highest BCUT2D eigenvalue weighted by molar-refractivity contribution is 5.78. The first-order valence-electron chi connectivity index (χ1n) is 43.4. The summed E-state index contributed by atoms with van der Waals surface area (Å²) in [6, 6.07) is -4.77. The number of amides is 3. The molecule has 0 aromatic rings. The van der Waals surface area contributed by atoms with Gasteiger partial charge in [0.05, 0.1) is 88.8 Å². The Labute approximate surface area is 715 Å². The van der Waals surface area contributed by atoms with Crippen LogP contribution in [-0.2, 0) is 85.6 Å². The monoisotopic (exact) mass is 1780 g/mol. The Morgan fingerprint density at radius 1 is 0.447 bits per heavy atom. The SMILES string of the molecule is CCCCCCCCCCCCCC=C[C@@H](O)[C@H](CO[C@@H]1O[C@H](CO)[C@@H](O[C@@H]2O[C@H](CO)[C@H](O[C@@H]3O[C@H](CO)[C@H](O)[C@H](O[C@@H]4O[C@H](CO)[C@H](O)[C@H](O[C@]5(C(=O)O)C[C@H](O)[C@@H](NC(C)=O)C([C@H](O)[C@H](O)CO)O5)[C@H]4O)[C@H]3CC(C)=O)[C@H](O[C@]3(C(=O)O)C[C@H](O)[C@@H](NC(C)=O)C([C@H](O)[C@H](O)CO)O3)[C@H]2O)[C@H](O)[C@H]1O)NC(=O)CCCCCCCCCCCCC. The van der Waals surface area contributed by atoms with Gasteiger partial charge in [0.2, 0.25) is 17.7 Å². The van der Waals surface area contributed by atoms with Gasteiger partial charge in [-0.15, -0.1) is 0 Å². The van der Waals surface area contributed by atoms with E-state index in [0.717, 1.165) is 91.4 Å². The van der Waals surface area contributed by atoms with Gasteiger partial charge in [-0.05, 0) is 26.2 Å². The first-order valence-corrected chi connectivity index (χ1v) is 43.4. The molecule has 6 aliphatic rings. The maximum atomic E-state index is 14.0. The van der Waals surface area contributed by atoms with E-state index in [1.54, 1.807) is 6.08 Å². The lowest BCUT2D eigenvalue weighted by Crippen LogP contribution is -2.71. The van der Waals surface area contributed by atoms with Crippen LogP contribution in [0.2, 0.25) is 0 Å². The van der Waals surface area contributed by atoms with Gasteiger partial charge in [0, 0.05) is 45.4 Å². The third-order valence-electron chi connectivity index (χ3n) is 23.4. The van der Waals surface area contributed by atoms with E-state index < -0.39 is 308 Å². The molecule has 0 radical (unpaired) electrons. The van der Waals surface area contributed by atoms with Crippen LogP contribution in [0.3, 0.4) is 0 Å². The third-order valence-corrected chi connectivity index (χ3v) is 23.4. The lowest BCUT2D eigenvalue weighted by Gasteiger charge is -2.53. The number of hydrogen-bond donors (Lipinski definition) is 24. The van der Waals surface area contributed by atoms with Crippen LogP contribution in [0.5, 0.6) is 0 Å². The Kier molecular flexibility index (Phi) is 46.8. The zero-order valence-electron chi connectivity index (χ0n) is 70.9. The number of unbranched alkanes of at least 4 members (excludes halogenated alkanes) is 21. The molecule has 34 atom stereocenters. The highest BCUT2D eigenvalue weighted by Crippen LogP contribution is 2.44. The molecule has 6 heterocycles. The first-order chi connectivity index (χ1) is 58.6. The van der Waals surface area contributed by atoms with Crippen molar-refractivity contribution in [3.05, 3.63) is 12.2 Å². The van der Waals surface area contributed by atoms with Gasteiger partial charge in [-0.1, -0.05) is 154 Å². The van der Waals surface area contributed by atoms with Gasteiger partial charge in [-0.3, -0.25) is 14.4 Å². The average molecular weight is 1780 g/mol. The van der Waals surface area contributed by atoms with E-state index in [9.17, 15) is 136 Å². The van der Waals surface area contributed by atoms with E-state index in [0.29, 0.717) is 12.8 Å². The number of nitrogens with one attached hydrogen (secondary N) is 3. The molecule has 6 rings (SSSR count). The van der Waals surface area contributed by atoms with Crippen LogP contribution in [0.15, 0.2) is 12.2 Å². The Hall–Kier alpha value is -4.48. The predicted octanol–water partition coefficient (Wildman–Crippen LogP) is -4.34. The Morgan fingerprint density at radius 3 is 1.28 bits per heavy atom. The summed E-state index contributed by atoms with van der Waals surface area (Å²) in [7, 11) is 0. The van der Waals surface area contributed by atoms with Crippen molar-refractivity contribution >= 4 is 35.4 Å². The van der Waals surface area contributed by atoms with Gasteiger partial charge in [0.15, 0.2) is 25.2 Å². The van der Waals surface area contributed by atoms with Gasteiger partial charge in [-0.25, -0.2) is 9.59 Å². The lowest BCUT2D eigenvalue weighted by atomic mass is 9.86. The van der Waals surface area contributed by atoms with Crippen LogP contribution < -0.4 is 16.0 Å². The molecular weight excluding hydrogens is 1640 g/mol. The second-order valence-electron chi connectivity index (χ2n) is 33.2. The van der Waals surface area contributed by atoms with Gasteiger partial charge in [-0.2, -0.15) is 0 Å². The maximum Gasteiger partial charge on any atom is 0.364 e. The first kappa shape index (κ1) is 107. The molecule has 123 heavy (non-hydrogen) atoms. The number of carboxylic acids is 2. The Bertz CT molecular complexity index is 3120. The summed E-state index contributed by atoms with van der Waals surface area (Å²) in [5.74, 6) is -16.1. The van der Waals surface area contributed by atoms with Gasteiger partial charge >= 0.3 is 11.9 Å². The minimum absolute atomic E-state index is 0.0967.